The number of unbranched alkanes of at least 4 members (excludes halogenated alkanes) is 2. The lowest BCUT2D eigenvalue weighted by Crippen LogP contribution is -2.25. The van der Waals surface area contributed by atoms with Crippen LogP contribution in [0.1, 0.15) is 43.0 Å². The summed E-state index contributed by atoms with van der Waals surface area (Å²) in [6.45, 7) is 2.80. The highest BCUT2D eigenvalue weighted by molar-refractivity contribution is 6.30. The molecule has 0 atom stereocenters. The molecule has 0 saturated heterocycles. The van der Waals surface area contributed by atoms with Crippen LogP contribution < -0.4 is 10.1 Å². The molecule has 1 rings (SSSR count). The molecule has 0 unspecified atom stereocenters. The highest BCUT2D eigenvalue weighted by atomic mass is 35.5. The zero-order valence-corrected chi connectivity index (χ0v) is 12.8. The fourth-order valence-electron chi connectivity index (χ4n) is 1.83. The first kappa shape index (κ1) is 17.3. The van der Waals surface area contributed by atoms with E-state index in [0.29, 0.717) is 35.9 Å². The minimum atomic E-state index is -0.790. The van der Waals surface area contributed by atoms with Crippen LogP contribution in [0.3, 0.4) is 0 Å². The fraction of sp³-hybridized carbons (Fsp3) is 0.467. The van der Waals surface area contributed by atoms with E-state index in [0.717, 1.165) is 12.8 Å². The molecule has 6 heteroatoms. The second-order valence-corrected chi connectivity index (χ2v) is 4.97. The van der Waals surface area contributed by atoms with Gasteiger partial charge < -0.3 is 15.2 Å². The Morgan fingerprint density at radius 1 is 1.29 bits per heavy atom. The second-order valence-electron chi connectivity index (χ2n) is 4.53. The van der Waals surface area contributed by atoms with Crippen molar-refractivity contribution in [1.29, 1.82) is 0 Å². The van der Waals surface area contributed by atoms with Crippen LogP contribution in [0.2, 0.25) is 5.02 Å². The van der Waals surface area contributed by atoms with Crippen molar-refractivity contribution in [3.63, 3.8) is 0 Å². The molecular formula is C15H20ClNO4. The number of ether oxygens (including phenoxy) is 1. The monoisotopic (exact) mass is 313 g/mol. The van der Waals surface area contributed by atoms with Crippen molar-refractivity contribution in [3.05, 3.63) is 28.8 Å². The van der Waals surface area contributed by atoms with Crippen LogP contribution in [0.5, 0.6) is 5.75 Å². The van der Waals surface area contributed by atoms with E-state index in [4.69, 9.17) is 21.4 Å². The van der Waals surface area contributed by atoms with Crippen LogP contribution in [0.4, 0.5) is 0 Å². The van der Waals surface area contributed by atoms with Crippen LogP contribution in [-0.2, 0) is 4.79 Å². The Labute approximate surface area is 129 Å². The normalized spacial score (nSPS) is 10.2. The van der Waals surface area contributed by atoms with E-state index in [9.17, 15) is 9.59 Å². The molecule has 0 radical (unpaired) electrons. The minimum Gasteiger partial charge on any atom is -0.493 e. The molecule has 5 nitrogen and oxygen atoms in total. The summed E-state index contributed by atoms with van der Waals surface area (Å²) in [5.41, 5.74) is 0.451. The molecule has 0 spiro atoms. The maximum absolute atomic E-state index is 12.1. The Kier molecular flexibility index (Phi) is 7.61. The van der Waals surface area contributed by atoms with Gasteiger partial charge in [-0.05, 0) is 38.0 Å². The molecule has 1 aromatic rings. The molecule has 0 aliphatic carbocycles. The van der Waals surface area contributed by atoms with E-state index in [2.05, 4.69) is 5.32 Å². The molecule has 2 N–H and O–H groups in total. The number of amides is 1. The average molecular weight is 314 g/mol. The number of hydrogen-bond acceptors (Lipinski definition) is 3. The Morgan fingerprint density at radius 3 is 2.71 bits per heavy atom. The summed E-state index contributed by atoms with van der Waals surface area (Å²) in [5.74, 6) is -0.539. The molecule has 0 heterocycles. The van der Waals surface area contributed by atoms with Gasteiger partial charge in [0.05, 0.1) is 12.2 Å². The summed E-state index contributed by atoms with van der Waals surface area (Å²) in [6.07, 6.45) is 2.30. The topological polar surface area (TPSA) is 75.6 Å². The smallest absolute Gasteiger partial charge is 0.303 e. The lowest BCUT2D eigenvalue weighted by atomic mass is 10.1. The van der Waals surface area contributed by atoms with E-state index >= 15 is 0 Å². The average Bonchev–Trinajstić information content (AvgIpc) is 2.42. The Balaban J connectivity index is 2.43. The summed E-state index contributed by atoms with van der Waals surface area (Å²) < 4.78 is 5.40. The van der Waals surface area contributed by atoms with E-state index in [1.54, 1.807) is 18.2 Å². The molecule has 0 bridgehead atoms. The number of carbonyl (C=O) groups excluding carboxylic acids is 1. The van der Waals surface area contributed by atoms with Gasteiger partial charge in [0, 0.05) is 18.0 Å². The summed E-state index contributed by atoms with van der Waals surface area (Å²) in [4.78, 5) is 22.4. The van der Waals surface area contributed by atoms with Crippen LogP contribution in [0.25, 0.3) is 0 Å². The van der Waals surface area contributed by atoms with Gasteiger partial charge >= 0.3 is 5.97 Å². The van der Waals surface area contributed by atoms with Gasteiger partial charge in [0.15, 0.2) is 0 Å². The van der Waals surface area contributed by atoms with Gasteiger partial charge in [-0.2, -0.15) is 0 Å². The van der Waals surface area contributed by atoms with Crippen molar-refractivity contribution in [2.75, 3.05) is 13.2 Å². The largest absolute Gasteiger partial charge is 0.493 e. The zero-order chi connectivity index (χ0) is 15.7. The van der Waals surface area contributed by atoms with E-state index in [1.807, 2.05) is 6.92 Å². The lowest BCUT2D eigenvalue weighted by molar-refractivity contribution is -0.137. The van der Waals surface area contributed by atoms with E-state index in [1.165, 1.54) is 0 Å². The molecular weight excluding hydrogens is 294 g/mol. The molecule has 116 valence electrons. The molecule has 0 aliphatic heterocycles. The number of hydrogen-bond donors (Lipinski definition) is 2. The van der Waals surface area contributed by atoms with E-state index < -0.39 is 5.97 Å². The van der Waals surface area contributed by atoms with Crippen molar-refractivity contribution >= 4 is 23.5 Å². The van der Waals surface area contributed by atoms with Crippen molar-refractivity contribution < 1.29 is 19.4 Å². The van der Waals surface area contributed by atoms with Gasteiger partial charge in [0.25, 0.3) is 5.91 Å². The van der Waals surface area contributed by atoms with Gasteiger partial charge in [0.2, 0.25) is 0 Å². The number of nitrogens with one attached hydrogen (secondary N) is 1. The molecule has 21 heavy (non-hydrogen) atoms. The maximum Gasteiger partial charge on any atom is 0.303 e. The molecule has 1 aromatic carbocycles. The van der Waals surface area contributed by atoms with Gasteiger partial charge in [-0.15, -0.1) is 0 Å². The van der Waals surface area contributed by atoms with Crippen LogP contribution in [0.15, 0.2) is 18.2 Å². The number of benzene rings is 1. The first-order chi connectivity index (χ1) is 10.0. The maximum atomic E-state index is 12.1. The fourth-order valence-corrected chi connectivity index (χ4v) is 2.00. The van der Waals surface area contributed by atoms with Crippen molar-refractivity contribution in [1.82, 2.24) is 5.32 Å². The Bertz CT molecular complexity index is 491. The molecule has 0 aromatic heterocycles. The summed E-state index contributed by atoms with van der Waals surface area (Å²) in [7, 11) is 0. The predicted octanol–water partition coefficient (Wildman–Crippen LogP) is 3.11. The third kappa shape index (κ3) is 6.49. The Hall–Kier alpha value is -1.75. The second kappa shape index (κ2) is 9.23. The van der Waals surface area contributed by atoms with Crippen molar-refractivity contribution in [3.8, 4) is 5.75 Å². The van der Waals surface area contributed by atoms with Gasteiger partial charge in [0.1, 0.15) is 5.75 Å². The quantitative estimate of drug-likeness (QED) is 0.687. The minimum absolute atomic E-state index is 0.166. The Morgan fingerprint density at radius 2 is 2.05 bits per heavy atom. The third-order valence-electron chi connectivity index (χ3n) is 2.84. The highest BCUT2D eigenvalue weighted by Gasteiger charge is 2.12. The van der Waals surface area contributed by atoms with Gasteiger partial charge in [-0.3, -0.25) is 9.59 Å². The van der Waals surface area contributed by atoms with Crippen molar-refractivity contribution in [2.24, 2.45) is 0 Å². The predicted molar refractivity (Wildman–Crippen MR) is 81.1 cm³/mol. The van der Waals surface area contributed by atoms with Gasteiger partial charge in [-0.1, -0.05) is 18.0 Å². The third-order valence-corrected chi connectivity index (χ3v) is 3.08. The number of carboxylic acid groups (broad SMARTS) is 1. The number of carbonyl (C=O) groups is 2. The first-order valence-corrected chi connectivity index (χ1v) is 7.34. The zero-order valence-electron chi connectivity index (χ0n) is 12.0. The van der Waals surface area contributed by atoms with Crippen molar-refractivity contribution in [2.45, 2.75) is 32.6 Å². The summed E-state index contributed by atoms with van der Waals surface area (Å²) in [6, 6.07) is 4.89. The number of halogens is 1. The lowest BCUT2D eigenvalue weighted by Gasteiger charge is -2.11. The molecule has 0 aliphatic rings. The number of carboxylic acids is 1. The molecule has 0 fully saturated rings. The van der Waals surface area contributed by atoms with Crippen LogP contribution in [0, 0.1) is 0 Å². The SMILES string of the molecule is CCOc1cc(Cl)ccc1C(=O)NCCCCCC(=O)O. The van der Waals surface area contributed by atoms with Gasteiger partial charge in [-0.25, -0.2) is 0 Å². The molecule has 0 saturated carbocycles. The highest BCUT2D eigenvalue weighted by Crippen LogP contribution is 2.23. The first-order valence-electron chi connectivity index (χ1n) is 6.97. The standard InChI is InChI=1S/C15H20ClNO4/c1-2-21-13-10-11(16)7-8-12(13)15(20)17-9-5-3-4-6-14(18)19/h7-8,10H,2-6,9H2,1H3,(H,17,20)(H,18,19). The summed E-state index contributed by atoms with van der Waals surface area (Å²) >= 11 is 5.88. The number of rotatable bonds is 9. The van der Waals surface area contributed by atoms with Crippen LogP contribution in [-0.4, -0.2) is 30.1 Å². The number of aliphatic carboxylic acids is 1. The van der Waals surface area contributed by atoms with E-state index in [-0.39, 0.29) is 12.3 Å². The summed E-state index contributed by atoms with van der Waals surface area (Å²) in [5, 5.41) is 11.8. The molecule has 1 amide bonds. The van der Waals surface area contributed by atoms with Crippen LogP contribution >= 0.6 is 11.6 Å².